The fourth-order valence-electron chi connectivity index (χ4n) is 2.16. The van der Waals surface area contributed by atoms with E-state index in [9.17, 15) is 0 Å². The molecule has 2 rings (SSSR count). The number of halogens is 1. The van der Waals surface area contributed by atoms with Gasteiger partial charge >= 0.3 is 0 Å². The number of nitrogens with zero attached hydrogens (tertiary/aromatic N) is 2. The minimum Gasteiger partial charge on any atom is -0.381 e. The first-order valence-corrected chi connectivity index (χ1v) is 6.47. The summed E-state index contributed by atoms with van der Waals surface area (Å²) >= 11 is 3.65. The van der Waals surface area contributed by atoms with Crippen LogP contribution in [0, 0.1) is 5.41 Å². The highest BCUT2D eigenvalue weighted by Gasteiger charge is 2.31. The van der Waals surface area contributed by atoms with Crippen LogP contribution in [0.2, 0.25) is 0 Å². The SMILES string of the molecule is Cn1cc(CC2(CBr)CCOCC2)cn1. The van der Waals surface area contributed by atoms with Gasteiger partial charge in [-0.3, -0.25) is 4.68 Å². The zero-order valence-electron chi connectivity index (χ0n) is 9.08. The molecule has 2 heterocycles. The van der Waals surface area contributed by atoms with Crippen molar-refractivity contribution in [2.45, 2.75) is 19.3 Å². The zero-order valence-corrected chi connectivity index (χ0v) is 10.7. The summed E-state index contributed by atoms with van der Waals surface area (Å²) in [5, 5.41) is 5.27. The summed E-state index contributed by atoms with van der Waals surface area (Å²) in [6.07, 6.45) is 7.48. The Labute approximate surface area is 98.9 Å². The van der Waals surface area contributed by atoms with Crippen LogP contribution in [-0.2, 0) is 18.2 Å². The van der Waals surface area contributed by atoms with Crippen LogP contribution in [0.15, 0.2) is 12.4 Å². The van der Waals surface area contributed by atoms with Crippen LogP contribution in [0.5, 0.6) is 0 Å². The molecule has 0 spiro atoms. The second-order valence-electron chi connectivity index (χ2n) is 4.45. The third kappa shape index (κ3) is 2.61. The van der Waals surface area contributed by atoms with Crippen LogP contribution in [-0.4, -0.2) is 28.3 Å². The highest BCUT2D eigenvalue weighted by atomic mass is 79.9. The fraction of sp³-hybridized carbons (Fsp3) is 0.727. The molecule has 0 radical (unpaired) electrons. The van der Waals surface area contributed by atoms with Gasteiger partial charge in [-0.15, -0.1) is 0 Å². The van der Waals surface area contributed by atoms with E-state index >= 15 is 0 Å². The van der Waals surface area contributed by atoms with Crippen LogP contribution < -0.4 is 0 Å². The third-order valence-corrected chi connectivity index (χ3v) is 4.36. The molecule has 1 saturated heterocycles. The maximum Gasteiger partial charge on any atom is 0.0521 e. The standard InChI is InChI=1S/C11H17BrN2O/c1-14-8-10(7-13-14)6-11(9-12)2-4-15-5-3-11/h7-8H,2-6,9H2,1H3. The third-order valence-electron chi connectivity index (χ3n) is 3.17. The molecule has 4 heteroatoms. The number of hydrogen-bond acceptors (Lipinski definition) is 2. The monoisotopic (exact) mass is 272 g/mol. The van der Waals surface area contributed by atoms with Crippen molar-refractivity contribution in [1.82, 2.24) is 9.78 Å². The van der Waals surface area contributed by atoms with Gasteiger partial charge in [-0.1, -0.05) is 15.9 Å². The van der Waals surface area contributed by atoms with E-state index in [1.807, 2.05) is 17.9 Å². The molecule has 15 heavy (non-hydrogen) atoms. The lowest BCUT2D eigenvalue weighted by atomic mass is 9.78. The van der Waals surface area contributed by atoms with Crippen LogP contribution >= 0.6 is 15.9 Å². The summed E-state index contributed by atoms with van der Waals surface area (Å²) in [7, 11) is 1.97. The lowest BCUT2D eigenvalue weighted by Crippen LogP contribution is -2.33. The highest BCUT2D eigenvalue weighted by Crippen LogP contribution is 2.35. The molecule has 1 fully saturated rings. The average molecular weight is 273 g/mol. The Hall–Kier alpha value is -0.350. The van der Waals surface area contributed by atoms with Crippen molar-refractivity contribution < 1.29 is 4.74 Å². The highest BCUT2D eigenvalue weighted by molar-refractivity contribution is 9.09. The van der Waals surface area contributed by atoms with Crippen molar-refractivity contribution in [2.24, 2.45) is 12.5 Å². The molecule has 1 aliphatic rings. The van der Waals surface area contributed by atoms with Crippen LogP contribution in [0.3, 0.4) is 0 Å². The van der Waals surface area contributed by atoms with Gasteiger partial charge in [0.2, 0.25) is 0 Å². The fourth-order valence-corrected chi connectivity index (χ4v) is 2.92. The predicted molar refractivity (Wildman–Crippen MR) is 63.2 cm³/mol. The Morgan fingerprint density at radius 3 is 2.80 bits per heavy atom. The molecule has 84 valence electrons. The normalized spacial score (nSPS) is 20.4. The topological polar surface area (TPSA) is 27.1 Å². The van der Waals surface area contributed by atoms with E-state index in [-0.39, 0.29) is 0 Å². The number of alkyl halides is 1. The first-order valence-electron chi connectivity index (χ1n) is 5.35. The van der Waals surface area contributed by atoms with E-state index in [1.54, 1.807) is 0 Å². The van der Waals surface area contributed by atoms with Crippen molar-refractivity contribution in [2.75, 3.05) is 18.5 Å². The maximum atomic E-state index is 5.43. The molecule has 1 aliphatic heterocycles. The van der Waals surface area contributed by atoms with Gasteiger partial charge in [0.05, 0.1) is 6.20 Å². The Morgan fingerprint density at radius 2 is 2.27 bits per heavy atom. The van der Waals surface area contributed by atoms with Gasteiger partial charge in [0, 0.05) is 31.8 Å². The Morgan fingerprint density at radius 1 is 1.53 bits per heavy atom. The second kappa shape index (κ2) is 4.66. The summed E-state index contributed by atoms with van der Waals surface area (Å²) in [5.41, 5.74) is 1.71. The van der Waals surface area contributed by atoms with Gasteiger partial charge in [0.25, 0.3) is 0 Å². The Kier molecular flexibility index (Phi) is 3.46. The number of rotatable bonds is 3. The van der Waals surface area contributed by atoms with Crippen LogP contribution in [0.25, 0.3) is 0 Å². The number of ether oxygens (including phenoxy) is 1. The van der Waals surface area contributed by atoms with Gasteiger partial charge in [-0.05, 0) is 30.2 Å². The van der Waals surface area contributed by atoms with Gasteiger partial charge < -0.3 is 4.74 Å². The summed E-state index contributed by atoms with van der Waals surface area (Å²) in [5.74, 6) is 0. The first-order chi connectivity index (χ1) is 7.24. The van der Waals surface area contributed by atoms with E-state index in [0.717, 1.165) is 37.8 Å². The molecule has 0 N–H and O–H groups in total. The molecular formula is C11H17BrN2O. The zero-order chi connectivity index (χ0) is 10.7. The van der Waals surface area contributed by atoms with E-state index < -0.39 is 0 Å². The van der Waals surface area contributed by atoms with Crippen molar-refractivity contribution >= 4 is 15.9 Å². The Balaban J connectivity index is 2.06. The summed E-state index contributed by atoms with van der Waals surface area (Å²) in [6.45, 7) is 1.79. The maximum absolute atomic E-state index is 5.43. The van der Waals surface area contributed by atoms with Crippen LogP contribution in [0.4, 0.5) is 0 Å². The molecule has 0 unspecified atom stereocenters. The summed E-state index contributed by atoms with van der Waals surface area (Å²) < 4.78 is 7.30. The number of aromatic nitrogens is 2. The molecule has 0 atom stereocenters. The van der Waals surface area contributed by atoms with Gasteiger partial charge in [-0.25, -0.2) is 0 Å². The molecule has 1 aromatic rings. The van der Waals surface area contributed by atoms with Gasteiger partial charge in [-0.2, -0.15) is 5.10 Å². The van der Waals surface area contributed by atoms with E-state index in [1.165, 1.54) is 5.56 Å². The number of hydrogen-bond donors (Lipinski definition) is 0. The first kappa shape index (κ1) is 11.1. The average Bonchev–Trinajstić information content (AvgIpc) is 2.65. The van der Waals surface area contributed by atoms with E-state index in [2.05, 4.69) is 27.2 Å². The van der Waals surface area contributed by atoms with Crippen molar-refractivity contribution in [3.63, 3.8) is 0 Å². The second-order valence-corrected chi connectivity index (χ2v) is 5.01. The largest absolute Gasteiger partial charge is 0.381 e. The minimum absolute atomic E-state index is 0.376. The number of aryl methyl sites for hydroxylation is 1. The predicted octanol–water partition coefficient (Wildman–Crippen LogP) is 2.15. The summed E-state index contributed by atoms with van der Waals surface area (Å²) in [6, 6.07) is 0. The quantitative estimate of drug-likeness (QED) is 0.789. The lowest BCUT2D eigenvalue weighted by Gasteiger charge is -2.35. The minimum atomic E-state index is 0.376. The van der Waals surface area contributed by atoms with Crippen molar-refractivity contribution in [1.29, 1.82) is 0 Å². The lowest BCUT2D eigenvalue weighted by molar-refractivity contribution is 0.0270. The van der Waals surface area contributed by atoms with Crippen LogP contribution in [0.1, 0.15) is 18.4 Å². The van der Waals surface area contributed by atoms with Crippen molar-refractivity contribution in [3.05, 3.63) is 18.0 Å². The molecule has 3 nitrogen and oxygen atoms in total. The molecule has 0 saturated carbocycles. The van der Waals surface area contributed by atoms with Gasteiger partial charge in [0.15, 0.2) is 0 Å². The molecule has 0 amide bonds. The smallest absolute Gasteiger partial charge is 0.0521 e. The van der Waals surface area contributed by atoms with Crippen molar-refractivity contribution in [3.8, 4) is 0 Å². The van der Waals surface area contributed by atoms with E-state index in [0.29, 0.717) is 5.41 Å². The van der Waals surface area contributed by atoms with E-state index in [4.69, 9.17) is 4.74 Å². The molecule has 1 aromatic heterocycles. The molecular weight excluding hydrogens is 256 g/mol. The Bertz CT molecular complexity index is 318. The summed E-state index contributed by atoms with van der Waals surface area (Å²) in [4.78, 5) is 0. The molecule has 0 aliphatic carbocycles. The molecule has 0 aromatic carbocycles. The molecule has 0 bridgehead atoms. The van der Waals surface area contributed by atoms with Gasteiger partial charge in [0.1, 0.15) is 0 Å².